The van der Waals surface area contributed by atoms with Crippen LogP contribution in [-0.2, 0) is 6.18 Å². The van der Waals surface area contributed by atoms with Gasteiger partial charge in [0, 0.05) is 0 Å². The normalized spacial score (nSPS) is 11.9. The summed E-state index contributed by atoms with van der Waals surface area (Å²) in [6, 6.07) is 3.27. The maximum atomic E-state index is 12.5. The predicted molar refractivity (Wildman–Crippen MR) is 45.2 cm³/mol. The Morgan fingerprint density at radius 2 is 2.00 bits per heavy atom. The Morgan fingerprint density at radius 3 is 2.67 bits per heavy atom. The number of benzene rings is 1. The van der Waals surface area contributed by atoms with Gasteiger partial charge in [-0.15, -0.1) is 5.10 Å². The standard InChI is InChI=1S/C8H4F3N3O/c9-8(10,11)5-3-1-2-4-6(5)12-14-13-7(4)15/h1-3H,(H,12,13,15). The van der Waals surface area contributed by atoms with Crippen LogP contribution in [0.1, 0.15) is 5.56 Å². The number of hydrogen-bond donors (Lipinski definition) is 1. The van der Waals surface area contributed by atoms with Crippen molar-refractivity contribution in [3.05, 3.63) is 34.1 Å². The summed E-state index contributed by atoms with van der Waals surface area (Å²) in [5, 5.41) is 8.23. The van der Waals surface area contributed by atoms with E-state index >= 15 is 0 Å². The average molecular weight is 215 g/mol. The minimum absolute atomic E-state index is 0.125. The van der Waals surface area contributed by atoms with Crippen LogP contribution < -0.4 is 5.56 Å². The van der Waals surface area contributed by atoms with Gasteiger partial charge >= 0.3 is 6.18 Å². The molecule has 4 nitrogen and oxygen atoms in total. The summed E-state index contributed by atoms with van der Waals surface area (Å²) in [4.78, 5) is 11.1. The van der Waals surface area contributed by atoms with Crippen molar-refractivity contribution in [1.82, 2.24) is 15.4 Å². The van der Waals surface area contributed by atoms with Crippen molar-refractivity contribution in [3.8, 4) is 0 Å². The molecule has 0 aliphatic heterocycles. The van der Waals surface area contributed by atoms with Gasteiger partial charge in [-0.1, -0.05) is 11.3 Å². The molecule has 2 rings (SSSR count). The van der Waals surface area contributed by atoms with Gasteiger partial charge in [-0.3, -0.25) is 4.79 Å². The van der Waals surface area contributed by atoms with Crippen LogP contribution in [0.25, 0.3) is 10.9 Å². The third-order valence-electron chi connectivity index (χ3n) is 1.89. The molecule has 78 valence electrons. The monoisotopic (exact) mass is 215 g/mol. The molecule has 1 aromatic heterocycles. The number of nitrogens with one attached hydrogen (secondary N) is 1. The van der Waals surface area contributed by atoms with Gasteiger partial charge in [0.15, 0.2) is 0 Å². The molecule has 0 aliphatic rings. The van der Waals surface area contributed by atoms with E-state index in [1.807, 2.05) is 5.10 Å². The molecule has 0 aliphatic carbocycles. The van der Waals surface area contributed by atoms with E-state index in [9.17, 15) is 18.0 Å². The Hall–Kier alpha value is -1.92. The summed E-state index contributed by atoms with van der Waals surface area (Å²) >= 11 is 0. The maximum Gasteiger partial charge on any atom is 0.418 e. The topological polar surface area (TPSA) is 58.6 Å². The zero-order chi connectivity index (χ0) is 11.1. The van der Waals surface area contributed by atoms with Gasteiger partial charge < -0.3 is 0 Å². The SMILES string of the molecule is O=c1[nH]nnc2c(C(F)(F)F)cccc12. The second-order valence-electron chi connectivity index (χ2n) is 2.84. The predicted octanol–water partition coefficient (Wildman–Crippen LogP) is 1.34. The van der Waals surface area contributed by atoms with Crippen molar-refractivity contribution in [1.29, 1.82) is 0 Å². The molecule has 0 saturated heterocycles. The lowest BCUT2D eigenvalue weighted by atomic mass is 10.1. The highest BCUT2D eigenvalue weighted by molar-refractivity contribution is 5.80. The Balaban J connectivity index is 2.89. The molecule has 2 aromatic rings. The number of nitrogens with zero attached hydrogens (tertiary/aromatic N) is 2. The lowest BCUT2D eigenvalue weighted by Gasteiger charge is -2.07. The minimum atomic E-state index is -4.54. The van der Waals surface area contributed by atoms with Crippen molar-refractivity contribution in [2.24, 2.45) is 0 Å². The molecule has 7 heteroatoms. The number of aromatic nitrogens is 3. The second-order valence-corrected chi connectivity index (χ2v) is 2.84. The number of halogens is 3. The largest absolute Gasteiger partial charge is 0.418 e. The lowest BCUT2D eigenvalue weighted by molar-refractivity contribution is -0.136. The molecular formula is C8H4F3N3O. The Morgan fingerprint density at radius 1 is 1.27 bits per heavy atom. The van der Waals surface area contributed by atoms with Crippen LogP contribution in [-0.4, -0.2) is 15.4 Å². The number of aromatic amines is 1. The summed E-state index contributed by atoms with van der Waals surface area (Å²) < 4.78 is 37.4. The molecule has 15 heavy (non-hydrogen) atoms. The van der Waals surface area contributed by atoms with Crippen LogP contribution >= 0.6 is 0 Å². The molecule has 0 unspecified atom stereocenters. The van der Waals surface area contributed by atoms with Gasteiger partial charge in [0.2, 0.25) is 0 Å². The van der Waals surface area contributed by atoms with Gasteiger partial charge in [-0.05, 0) is 12.1 Å². The second kappa shape index (κ2) is 3.04. The van der Waals surface area contributed by atoms with E-state index in [-0.39, 0.29) is 5.39 Å². The minimum Gasteiger partial charge on any atom is -0.267 e. The zero-order valence-corrected chi connectivity index (χ0v) is 7.17. The Labute approximate surface area is 80.7 Å². The van der Waals surface area contributed by atoms with Crippen LogP contribution in [0, 0.1) is 0 Å². The van der Waals surface area contributed by atoms with Crippen molar-refractivity contribution in [2.45, 2.75) is 6.18 Å². The van der Waals surface area contributed by atoms with E-state index in [1.54, 1.807) is 0 Å². The van der Waals surface area contributed by atoms with Gasteiger partial charge in [-0.25, -0.2) is 5.10 Å². The van der Waals surface area contributed by atoms with Gasteiger partial charge in [0.25, 0.3) is 5.56 Å². The van der Waals surface area contributed by atoms with Crippen LogP contribution in [0.3, 0.4) is 0 Å². The third kappa shape index (κ3) is 1.56. The van der Waals surface area contributed by atoms with Gasteiger partial charge in [0.1, 0.15) is 5.52 Å². The van der Waals surface area contributed by atoms with Crippen LogP contribution in [0.15, 0.2) is 23.0 Å². The highest BCUT2D eigenvalue weighted by atomic mass is 19.4. The van der Waals surface area contributed by atoms with Crippen molar-refractivity contribution in [2.75, 3.05) is 0 Å². The molecule has 0 fully saturated rings. The lowest BCUT2D eigenvalue weighted by Crippen LogP contribution is -2.14. The third-order valence-corrected chi connectivity index (χ3v) is 1.89. The van der Waals surface area contributed by atoms with Crippen molar-refractivity contribution < 1.29 is 13.2 Å². The zero-order valence-electron chi connectivity index (χ0n) is 7.17. The van der Waals surface area contributed by atoms with Gasteiger partial charge in [-0.2, -0.15) is 13.2 Å². The van der Waals surface area contributed by atoms with Crippen LogP contribution in [0.4, 0.5) is 13.2 Å². The summed E-state index contributed by atoms with van der Waals surface area (Å²) in [5.74, 6) is 0. The van der Waals surface area contributed by atoms with E-state index in [2.05, 4.69) is 10.3 Å². The first-order valence-corrected chi connectivity index (χ1v) is 3.91. The smallest absolute Gasteiger partial charge is 0.267 e. The molecule has 0 atom stereocenters. The summed E-state index contributed by atoms with van der Waals surface area (Å²) in [6.07, 6.45) is -4.54. The quantitative estimate of drug-likeness (QED) is 0.721. The Kier molecular flexibility index (Phi) is 1.95. The highest BCUT2D eigenvalue weighted by Crippen LogP contribution is 2.32. The number of hydrogen-bond acceptors (Lipinski definition) is 3. The molecule has 0 amide bonds. The van der Waals surface area contributed by atoms with E-state index in [4.69, 9.17) is 0 Å². The van der Waals surface area contributed by atoms with Crippen molar-refractivity contribution in [3.63, 3.8) is 0 Å². The van der Waals surface area contributed by atoms with Gasteiger partial charge in [0.05, 0.1) is 10.9 Å². The fraction of sp³-hybridized carbons (Fsp3) is 0.125. The highest BCUT2D eigenvalue weighted by Gasteiger charge is 2.33. The average Bonchev–Trinajstić information content (AvgIpc) is 2.16. The number of rotatable bonds is 0. The Bertz CT molecular complexity index is 561. The van der Waals surface area contributed by atoms with E-state index in [1.165, 1.54) is 6.07 Å². The first-order chi connectivity index (χ1) is 7.00. The van der Waals surface area contributed by atoms with Crippen LogP contribution in [0.5, 0.6) is 0 Å². The number of fused-ring (bicyclic) bond motifs is 1. The summed E-state index contributed by atoms with van der Waals surface area (Å²) in [7, 11) is 0. The summed E-state index contributed by atoms with van der Waals surface area (Å²) in [6.45, 7) is 0. The van der Waals surface area contributed by atoms with Crippen LogP contribution in [0.2, 0.25) is 0 Å². The van der Waals surface area contributed by atoms with E-state index in [0.29, 0.717) is 0 Å². The van der Waals surface area contributed by atoms with Crippen molar-refractivity contribution >= 4 is 10.9 Å². The molecule has 0 spiro atoms. The molecule has 0 radical (unpaired) electrons. The fourth-order valence-electron chi connectivity index (χ4n) is 1.24. The fourth-order valence-corrected chi connectivity index (χ4v) is 1.24. The molecule has 0 saturated carbocycles. The molecule has 1 N–H and O–H groups in total. The molecule has 1 aromatic carbocycles. The summed E-state index contributed by atoms with van der Waals surface area (Å²) in [5.41, 5.74) is -2.08. The number of alkyl halides is 3. The molecular weight excluding hydrogens is 211 g/mol. The molecule has 1 heterocycles. The number of H-pyrrole nitrogens is 1. The first kappa shape index (κ1) is 9.63. The first-order valence-electron chi connectivity index (χ1n) is 3.91. The molecule has 0 bridgehead atoms. The maximum absolute atomic E-state index is 12.5. The van der Waals surface area contributed by atoms with E-state index in [0.717, 1.165) is 12.1 Å². The van der Waals surface area contributed by atoms with E-state index < -0.39 is 22.8 Å².